The highest BCUT2D eigenvalue weighted by Gasteiger charge is 2.29. The van der Waals surface area contributed by atoms with E-state index in [2.05, 4.69) is 15.3 Å². The van der Waals surface area contributed by atoms with Crippen LogP contribution in [-0.2, 0) is 12.1 Å². The second-order valence-corrected chi connectivity index (χ2v) is 9.88. The Morgan fingerprint density at radius 2 is 2.09 bits per heavy atom. The van der Waals surface area contributed by atoms with Crippen molar-refractivity contribution in [3.05, 3.63) is 11.9 Å². The van der Waals surface area contributed by atoms with Gasteiger partial charge in [0.2, 0.25) is 0 Å². The highest BCUT2D eigenvalue weighted by atomic mass is 32.2. The number of aliphatic hydroxyl groups is 1. The van der Waals surface area contributed by atoms with Crippen molar-refractivity contribution in [2.24, 2.45) is 11.7 Å². The second kappa shape index (κ2) is 9.24. The summed E-state index contributed by atoms with van der Waals surface area (Å²) in [6.07, 6.45) is 4.73. The van der Waals surface area contributed by atoms with E-state index in [4.69, 9.17) is 25.8 Å². The molecule has 1 fully saturated rings. The normalized spacial score (nSPS) is 16.5. The Kier molecular flexibility index (Phi) is 6.59. The summed E-state index contributed by atoms with van der Waals surface area (Å²) < 4.78 is 12.9. The lowest BCUT2D eigenvalue weighted by atomic mass is 9.92. The molecule has 0 aliphatic carbocycles. The fourth-order valence-electron chi connectivity index (χ4n) is 4.19. The van der Waals surface area contributed by atoms with Crippen molar-refractivity contribution in [1.29, 1.82) is 0 Å². The topological polar surface area (TPSA) is 151 Å². The molecule has 3 aromatic heterocycles. The van der Waals surface area contributed by atoms with Crippen LogP contribution in [0.15, 0.2) is 10.8 Å². The largest absolute Gasteiger partial charge is 0.490 e. The summed E-state index contributed by atoms with van der Waals surface area (Å²) in [6, 6.07) is 0.114. The number of thioether (sulfide) groups is 1. The summed E-state index contributed by atoms with van der Waals surface area (Å²) in [4.78, 5) is 9.20. The lowest BCUT2D eigenvalue weighted by Crippen LogP contribution is -2.34. The Morgan fingerprint density at radius 1 is 1.34 bits per heavy atom. The van der Waals surface area contributed by atoms with Crippen LogP contribution in [-0.4, -0.2) is 54.1 Å². The molecule has 0 aromatic carbocycles. The van der Waals surface area contributed by atoms with Crippen LogP contribution in [0.25, 0.3) is 22.6 Å². The van der Waals surface area contributed by atoms with E-state index >= 15 is 0 Å². The number of nitrogen functional groups attached to an aromatic ring is 1. The number of aromatic nitrogens is 5. The average Bonchev–Trinajstić information content (AvgIpc) is 3.36. The lowest BCUT2D eigenvalue weighted by Gasteiger charge is -2.27. The minimum Gasteiger partial charge on any atom is -0.490 e. The van der Waals surface area contributed by atoms with Crippen LogP contribution < -0.4 is 16.2 Å². The maximum atomic E-state index is 10.7. The molecule has 10 nitrogen and oxygen atoms in total. The highest BCUT2D eigenvalue weighted by Crippen LogP contribution is 2.36. The predicted octanol–water partition coefficient (Wildman–Crippen LogP) is 2.55. The van der Waals surface area contributed by atoms with Gasteiger partial charge < -0.3 is 25.9 Å². The van der Waals surface area contributed by atoms with Crippen LogP contribution >= 0.6 is 11.8 Å². The maximum absolute atomic E-state index is 10.7. The molecule has 11 heteroatoms. The minimum atomic E-state index is -1.20. The van der Waals surface area contributed by atoms with Gasteiger partial charge in [-0.1, -0.05) is 0 Å². The van der Waals surface area contributed by atoms with E-state index in [-0.39, 0.29) is 11.9 Å². The number of hydrogen-bond acceptors (Lipinski definition) is 10. The van der Waals surface area contributed by atoms with E-state index in [1.165, 1.54) is 11.5 Å². The van der Waals surface area contributed by atoms with E-state index in [1.807, 2.05) is 23.3 Å². The third-order valence-corrected chi connectivity index (χ3v) is 6.99. The van der Waals surface area contributed by atoms with Gasteiger partial charge in [-0.05, 0) is 67.8 Å². The van der Waals surface area contributed by atoms with E-state index < -0.39 is 5.60 Å². The number of anilines is 1. The quantitative estimate of drug-likeness (QED) is 0.456. The van der Waals surface area contributed by atoms with Crippen molar-refractivity contribution in [2.75, 3.05) is 23.8 Å². The van der Waals surface area contributed by atoms with Crippen molar-refractivity contribution < 1.29 is 14.5 Å². The Balaban J connectivity index is 1.68. The number of hydrogen-bond donors (Lipinski definition) is 3. The molecule has 0 saturated carbocycles. The molecule has 32 heavy (non-hydrogen) atoms. The first kappa shape index (κ1) is 22.8. The zero-order valence-corrected chi connectivity index (χ0v) is 19.6. The van der Waals surface area contributed by atoms with Crippen LogP contribution in [0.2, 0.25) is 0 Å². The van der Waals surface area contributed by atoms with Gasteiger partial charge in [-0.15, -0.1) is 0 Å². The Bertz CT molecular complexity index is 1070. The van der Waals surface area contributed by atoms with E-state index in [0.29, 0.717) is 47.5 Å². The molecule has 0 bridgehead atoms. The van der Waals surface area contributed by atoms with Crippen molar-refractivity contribution in [1.82, 2.24) is 24.8 Å². The molecule has 1 aliphatic heterocycles. The Hall–Kier alpha value is -2.37. The van der Waals surface area contributed by atoms with Gasteiger partial charge in [0.05, 0.1) is 18.5 Å². The number of ether oxygens (including phenoxy) is 1. The SMILES string of the molecule is CCn1c(-c2nonc2N)nc2c(C(C)(C)O)ncc(OCCC(N)C3CCSCC3)c21. The van der Waals surface area contributed by atoms with Gasteiger partial charge in [0.1, 0.15) is 16.6 Å². The second-order valence-electron chi connectivity index (χ2n) is 8.66. The maximum Gasteiger partial charge on any atom is 0.199 e. The molecule has 174 valence electrons. The van der Waals surface area contributed by atoms with Gasteiger partial charge in [-0.3, -0.25) is 4.98 Å². The number of rotatable bonds is 8. The van der Waals surface area contributed by atoms with Crippen molar-refractivity contribution in [3.8, 4) is 17.3 Å². The van der Waals surface area contributed by atoms with E-state index in [9.17, 15) is 5.11 Å². The van der Waals surface area contributed by atoms with Crippen LogP contribution in [0, 0.1) is 5.92 Å². The first-order valence-corrected chi connectivity index (χ1v) is 12.1. The molecular weight excluding hydrogens is 430 g/mol. The van der Waals surface area contributed by atoms with Gasteiger partial charge in [0.15, 0.2) is 23.1 Å². The first-order chi connectivity index (χ1) is 15.3. The third kappa shape index (κ3) is 4.41. The number of pyridine rings is 1. The average molecular weight is 462 g/mol. The summed E-state index contributed by atoms with van der Waals surface area (Å²) in [7, 11) is 0. The van der Waals surface area contributed by atoms with Gasteiger partial charge >= 0.3 is 0 Å². The monoisotopic (exact) mass is 461 g/mol. The molecule has 1 saturated heterocycles. The van der Waals surface area contributed by atoms with Crippen LogP contribution in [0.5, 0.6) is 5.75 Å². The molecular formula is C21H31N7O3S. The first-order valence-electron chi connectivity index (χ1n) is 11.0. The fourth-order valence-corrected chi connectivity index (χ4v) is 5.33. The molecule has 3 aromatic rings. The summed E-state index contributed by atoms with van der Waals surface area (Å²) in [5.41, 5.74) is 13.2. The van der Waals surface area contributed by atoms with Crippen molar-refractivity contribution in [3.63, 3.8) is 0 Å². The molecule has 5 N–H and O–H groups in total. The zero-order valence-electron chi connectivity index (χ0n) is 18.7. The fraction of sp³-hybridized carbons (Fsp3) is 0.619. The standard InChI is InChI=1S/C21H31N7O3S/c1-4-28-17-14(30-8-5-13(22)12-6-9-32-10-7-12)11-24-18(21(2,3)29)15(17)25-20(28)16-19(23)27-31-26-16/h11-13,29H,4-10,22H2,1-3H3,(H2,23,27). The molecule has 0 amide bonds. The number of nitrogens with zero attached hydrogens (tertiary/aromatic N) is 5. The van der Waals surface area contributed by atoms with Crippen molar-refractivity contribution >= 4 is 28.6 Å². The number of aryl methyl sites for hydroxylation is 1. The van der Waals surface area contributed by atoms with Gasteiger partial charge in [-0.2, -0.15) is 11.8 Å². The van der Waals surface area contributed by atoms with Crippen molar-refractivity contribution in [2.45, 2.75) is 58.2 Å². The summed E-state index contributed by atoms with van der Waals surface area (Å²) >= 11 is 2.00. The lowest BCUT2D eigenvalue weighted by molar-refractivity contribution is 0.0753. The number of imidazole rings is 1. The summed E-state index contributed by atoms with van der Waals surface area (Å²) in [6.45, 7) is 6.38. The summed E-state index contributed by atoms with van der Waals surface area (Å²) in [5.74, 6) is 4.12. The number of fused-ring (bicyclic) bond motifs is 1. The van der Waals surface area contributed by atoms with E-state index in [1.54, 1.807) is 20.0 Å². The predicted molar refractivity (Wildman–Crippen MR) is 124 cm³/mol. The number of nitrogens with two attached hydrogens (primary N) is 2. The molecule has 4 rings (SSSR count). The van der Waals surface area contributed by atoms with Crippen LogP contribution in [0.4, 0.5) is 5.82 Å². The van der Waals surface area contributed by atoms with Crippen LogP contribution in [0.3, 0.4) is 0 Å². The molecule has 1 atom stereocenters. The van der Waals surface area contributed by atoms with E-state index in [0.717, 1.165) is 24.8 Å². The molecule has 1 aliphatic rings. The Labute approximate surface area is 191 Å². The molecule has 0 spiro atoms. The zero-order chi connectivity index (χ0) is 22.9. The highest BCUT2D eigenvalue weighted by molar-refractivity contribution is 7.99. The van der Waals surface area contributed by atoms with Gasteiger partial charge in [0.25, 0.3) is 0 Å². The minimum absolute atomic E-state index is 0.114. The van der Waals surface area contributed by atoms with Gasteiger partial charge in [-0.25, -0.2) is 9.61 Å². The molecule has 1 unspecified atom stereocenters. The summed E-state index contributed by atoms with van der Waals surface area (Å²) in [5, 5.41) is 18.3. The molecule has 4 heterocycles. The van der Waals surface area contributed by atoms with Gasteiger partial charge in [0, 0.05) is 12.6 Å². The van der Waals surface area contributed by atoms with Crippen LogP contribution in [0.1, 0.15) is 45.7 Å². The third-order valence-electron chi connectivity index (χ3n) is 5.94. The smallest absolute Gasteiger partial charge is 0.199 e. The molecule has 0 radical (unpaired) electrons. The Morgan fingerprint density at radius 3 is 2.72 bits per heavy atom.